The Morgan fingerprint density at radius 3 is 2.26 bits per heavy atom. The molecule has 1 amide bonds. The van der Waals surface area contributed by atoms with E-state index in [1.807, 2.05) is 0 Å². The van der Waals surface area contributed by atoms with Crippen molar-refractivity contribution in [2.24, 2.45) is 25.9 Å². The van der Waals surface area contributed by atoms with Gasteiger partial charge in [0.05, 0.1) is 17.0 Å². The van der Waals surface area contributed by atoms with Crippen molar-refractivity contribution in [3.05, 3.63) is 64.5 Å². The van der Waals surface area contributed by atoms with E-state index < -0.39 is 28.9 Å². The Kier molecular flexibility index (Phi) is 7.14. The Morgan fingerprint density at radius 2 is 1.67 bits per heavy atom. The highest BCUT2D eigenvalue weighted by molar-refractivity contribution is 6.31. The molecule has 2 unspecified atom stereocenters. The summed E-state index contributed by atoms with van der Waals surface area (Å²) in [6.07, 6.45) is 0.510. The summed E-state index contributed by atoms with van der Waals surface area (Å²) in [6, 6.07) is 3.95. The van der Waals surface area contributed by atoms with Crippen LogP contribution in [0.4, 0.5) is 23.2 Å². The summed E-state index contributed by atoms with van der Waals surface area (Å²) in [6.45, 7) is 0. The average molecular weight is 620 g/mol. The second-order valence-corrected chi connectivity index (χ2v) is 12.7. The highest BCUT2D eigenvalue weighted by Gasteiger charge is 2.50. The minimum Gasteiger partial charge on any atom is -0.378 e. The van der Waals surface area contributed by atoms with Crippen LogP contribution in [0.2, 0.25) is 5.02 Å². The smallest absolute Gasteiger partial charge is 0.378 e. The number of halogens is 5. The third-order valence-electron chi connectivity index (χ3n) is 9.05. The largest absolute Gasteiger partial charge is 0.434 e. The van der Waals surface area contributed by atoms with Crippen molar-refractivity contribution in [2.75, 3.05) is 5.32 Å². The minimum absolute atomic E-state index is 0.00205. The number of aryl methyl sites for hydroxylation is 2. The number of aromatic nitrogens is 4. The van der Waals surface area contributed by atoms with E-state index in [4.69, 9.17) is 11.6 Å². The molecule has 0 saturated heterocycles. The minimum atomic E-state index is -4.54. The van der Waals surface area contributed by atoms with Crippen LogP contribution in [0.5, 0.6) is 0 Å². The topological polar surface area (TPSA) is 105 Å². The van der Waals surface area contributed by atoms with Gasteiger partial charge in [-0.3, -0.25) is 4.79 Å². The molecule has 3 N–H and O–H groups in total. The predicted octanol–water partition coefficient (Wildman–Crippen LogP) is 5.16. The van der Waals surface area contributed by atoms with Gasteiger partial charge in [-0.05, 0) is 68.6 Å². The molecular weight excluding hydrogens is 590 g/mol. The molecule has 43 heavy (non-hydrogen) atoms. The van der Waals surface area contributed by atoms with Gasteiger partial charge in [-0.25, -0.2) is 14.4 Å². The van der Waals surface area contributed by atoms with Gasteiger partial charge in [0.25, 0.3) is 5.91 Å². The first-order valence-corrected chi connectivity index (χ1v) is 14.4. The Bertz CT molecular complexity index is 1630. The molecule has 6 rings (SSSR count). The SMILES string of the molecule is Cn1cc(C(F)(F)F)nc1C1CC(O)(C#CC2(O)CC3CC(c4ncn(C)c4C(=O)Nc4ccc(F)c(Cl)c4)CC3C2)C1. The Balaban J connectivity index is 1.08. The molecule has 1 aromatic carbocycles. The van der Waals surface area contributed by atoms with Crippen LogP contribution in [0.3, 0.4) is 0 Å². The van der Waals surface area contributed by atoms with Crippen LogP contribution in [0.15, 0.2) is 30.7 Å². The molecule has 0 aliphatic heterocycles. The number of benzene rings is 1. The molecular formula is C30H30ClF4N5O3. The highest BCUT2D eigenvalue weighted by Crippen LogP contribution is 2.54. The van der Waals surface area contributed by atoms with Crippen LogP contribution in [-0.4, -0.2) is 46.4 Å². The molecule has 8 nitrogen and oxygen atoms in total. The molecule has 3 aromatic rings. The molecule has 2 heterocycles. The van der Waals surface area contributed by atoms with E-state index in [9.17, 15) is 32.6 Å². The maximum atomic E-state index is 13.5. The molecule has 3 saturated carbocycles. The van der Waals surface area contributed by atoms with Crippen LogP contribution < -0.4 is 5.32 Å². The molecule has 228 valence electrons. The van der Waals surface area contributed by atoms with E-state index >= 15 is 0 Å². The van der Waals surface area contributed by atoms with E-state index in [1.54, 1.807) is 17.9 Å². The summed E-state index contributed by atoms with van der Waals surface area (Å²) in [5.74, 6) is 4.94. The quantitative estimate of drug-likeness (QED) is 0.276. The zero-order chi connectivity index (χ0) is 30.9. The number of hydrogen-bond donors (Lipinski definition) is 3. The fourth-order valence-electron chi connectivity index (χ4n) is 7.05. The lowest BCUT2D eigenvalue weighted by molar-refractivity contribution is -0.141. The van der Waals surface area contributed by atoms with Crippen molar-refractivity contribution >= 4 is 23.2 Å². The number of imidazole rings is 2. The average Bonchev–Trinajstić information content (AvgIpc) is 3.65. The zero-order valence-electron chi connectivity index (χ0n) is 23.4. The first kappa shape index (κ1) is 29.7. The molecule has 3 aliphatic carbocycles. The summed E-state index contributed by atoms with van der Waals surface area (Å²) in [5.41, 5.74) is -2.21. The van der Waals surface area contributed by atoms with Gasteiger partial charge in [0.1, 0.15) is 28.5 Å². The number of nitrogens with one attached hydrogen (secondary N) is 1. The Labute approximate surface area is 250 Å². The number of anilines is 1. The molecule has 2 atom stereocenters. The van der Waals surface area contributed by atoms with Crippen LogP contribution in [0.1, 0.15) is 78.1 Å². The van der Waals surface area contributed by atoms with Gasteiger partial charge in [0.2, 0.25) is 0 Å². The first-order chi connectivity index (χ1) is 20.1. The van der Waals surface area contributed by atoms with Gasteiger partial charge in [0.15, 0.2) is 5.69 Å². The van der Waals surface area contributed by atoms with E-state index in [0.717, 1.165) is 6.20 Å². The molecule has 0 radical (unpaired) electrons. The number of carbonyl (C=O) groups is 1. The van der Waals surface area contributed by atoms with Gasteiger partial charge in [0, 0.05) is 37.8 Å². The van der Waals surface area contributed by atoms with Gasteiger partial charge in [-0.1, -0.05) is 23.4 Å². The third kappa shape index (κ3) is 5.66. The van der Waals surface area contributed by atoms with Crippen molar-refractivity contribution in [3.8, 4) is 11.8 Å². The Hall–Kier alpha value is -3.40. The number of nitrogens with zero attached hydrogens (tertiary/aromatic N) is 4. The van der Waals surface area contributed by atoms with Crippen molar-refractivity contribution in [3.63, 3.8) is 0 Å². The van der Waals surface area contributed by atoms with E-state index in [-0.39, 0.29) is 53.3 Å². The molecule has 3 fully saturated rings. The maximum Gasteiger partial charge on any atom is 0.434 e. The molecule has 0 bridgehead atoms. The number of fused-ring (bicyclic) bond motifs is 1. The number of amides is 1. The number of rotatable bonds is 4. The predicted molar refractivity (Wildman–Crippen MR) is 149 cm³/mol. The lowest BCUT2D eigenvalue weighted by Gasteiger charge is -2.39. The number of aliphatic hydroxyl groups is 2. The van der Waals surface area contributed by atoms with E-state index in [0.29, 0.717) is 42.8 Å². The lowest BCUT2D eigenvalue weighted by atomic mass is 9.70. The van der Waals surface area contributed by atoms with Gasteiger partial charge < -0.3 is 24.7 Å². The van der Waals surface area contributed by atoms with Gasteiger partial charge >= 0.3 is 6.18 Å². The monoisotopic (exact) mass is 619 g/mol. The fraction of sp³-hybridized carbons (Fsp3) is 0.500. The van der Waals surface area contributed by atoms with Gasteiger partial charge in [-0.15, -0.1) is 0 Å². The van der Waals surface area contributed by atoms with Gasteiger partial charge in [-0.2, -0.15) is 13.2 Å². The summed E-state index contributed by atoms with van der Waals surface area (Å²) in [4.78, 5) is 21.4. The van der Waals surface area contributed by atoms with E-state index in [2.05, 4.69) is 27.1 Å². The normalized spacial score (nSPS) is 30.0. The van der Waals surface area contributed by atoms with Crippen molar-refractivity contribution < 1.29 is 32.6 Å². The third-order valence-corrected chi connectivity index (χ3v) is 9.34. The number of carbonyl (C=O) groups excluding carboxylic acids is 1. The second-order valence-electron chi connectivity index (χ2n) is 12.3. The zero-order valence-corrected chi connectivity index (χ0v) is 24.2. The standard InChI is InChI=1S/C30H30ClF4N5O3/c1-39-14-23(30(33,34)35)38-26(39)19-12-29(43,13-19)6-5-28(42)10-17-7-16(8-18(17)11-28)24-25(40(2)15-36-24)27(41)37-20-3-4-22(32)21(31)9-20/h3-4,9,14-19,42-43H,7-8,10-13H2,1-2H3,(H,37,41). The summed E-state index contributed by atoms with van der Waals surface area (Å²) in [7, 11) is 3.22. The highest BCUT2D eigenvalue weighted by atomic mass is 35.5. The molecule has 13 heteroatoms. The molecule has 0 spiro atoms. The van der Waals surface area contributed by atoms with Crippen LogP contribution in [-0.2, 0) is 20.3 Å². The van der Waals surface area contributed by atoms with Crippen molar-refractivity contribution in [1.29, 1.82) is 0 Å². The summed E-state index contributed by atoms with van der Waals surface area (Å²) >= 11 is 5.85. The second kappa shape index (κ2) is 10.4. The van der Waals surface area contributed by atoms with Crippen LogP contribution >= 0.6 is 11.6 Å². The molecule has 3 aliphatic rings. The fourth-order valence-corrected chi connectivity index (χ4v) is 7.23. The maximum absolute atomic E-state index is 13.5. The molecule has 2 aromatic heterocycles. The summed E-state index contributed by atoms with van der Waals surface area (Å²) in [5, 5.41) is 24.8. The number of hydrogen-bond acceptors (Lipinski definition) is 5. The first-order valence-electron chi connectivity index (χ1n) is 14.0. The van der Waals surface area contributed by atoms with E-state index in [1.165, 1.54) is 29.8 Å². The number of alkyl halides is 3. The summed E-state index contributed by atoms with van der Waals surface area (Å²) < 4.78 is 55.6. The van der Waals surface area contributed by atoms with Crippen LogP contribution in [0, 0.1) is 29.5 Å². The van der Waals surface area contributed by atoms with Crippen molar-refractivity contribution in [1.82, 2.24) is 19.1 Å². The Morgan fingerprint density at radius 1 is 1.05 bits per heavy atom. The van der Waals surface area contributed by atoms with Crippen LogP contribution in [0.25, 0.3) is 0 Å². The van der Waals surface area contributed by atoms with Crippen molar-refractivity contribution in [2.45, 2.75) is 67.7 Å². The lowest BCUT2D eigenvalue weighted by Crippen LogP contribution is -2.42.